The number of hydrogen-bond donors (Lipinski definition) is 3. The number of hydrogen-bond acceptors (Lipinski definition) is 5. The van der Waals surface area contributed by atoms with E-state index in [1.807, 2.05) is 84.9 Å². The molecule has 0 amide bonds. The third-order valence-electron chi connectivity index (χ3n) is 7.46. The number of nitrogens with zero attached hydrogens (tertiary/aromatic N) is 2. The largest absolute Gasteiger partial charge is 0.384 e. The van der Waals surface area contributed by atoms with Crippen LogP contribution in [-0.4, -0.2) is 21.4 Å². The summed E-state index contributed by atoms with van der Waals surface area (Å²) in [6.07, 6.45) is 5.54. The highest BCUT2D eigenvalue weighted by molar-refractivity contribution is 6.61. The van der Waals surface area contributed by atoms with Gasteiger partial charge in [0.05, 0.1) is 22.8 Å². The molecule has 2 heterocycles. The van der Waals surface area contributed by atoms with E-state index in [1.54, 1.807) is 18.3 Å². The lowest BCUT2D eigenvalue weighted by molar-refractivity contribution is 1.25. The molecule has 0 saturated carbocycles. The summed E-state index contributed by atoms with van der Waals surface area (Å²) >= 11 is 0. The van der Waals surface area contributed by atoms with Gasteiger partial charge in [-0.1, -0.05) is 121 Å². The van der Waals surface area contributed by atoms with Gasteiger partial charge in [-0.2, -0.15) is 0 Å². The van der Waals surface area contributed by atoms with Gasteiger partial charge in [-0.15, -0.1) is 0 Å². The molecule has 7 rings (SSSR count). The summed E-state index contributed by atoms with van der Waals surface area (Å²) < 4.78 is 0. The highest BCUT2D eigenvalue weighted by Gasteiger charge is 2.18. The second kappa shape index (κ2) is 13.4. The maximum Gasteiger partial charge on any atom is 0.124 e. The fourth-order valence-corrected chi connectivity index (χ4v) is 5.10. The second-order valence-corrected chi connectivity index (χ2v) is 10.5. The predicted octanol–water partition coefficient (Wildman–Crippen LogP) is 9.27. The van der Waals surface area contributed by atoms with E-state index in [4.69, 9.17) is 16.6 Å². The van der Waals surface area contributed by atoms with E-state index in [0.29, 0.717) is 5.82 Å². The monoisotopic (exact) mass is 581 g/mol. The maximum atomic E-state index is 8.47. The van der Waals surface area contributed by atoms with Gasteiger partial charge in [0.25, 0.3) is 0 Å². The molecule has 5 heteroatoms. The number of allylic oxidation sites excluding steroid dienone is 4. The van der Waals surface area contributed by atoms with Crippen LogP contribution < -0.4 is 5.73 Å². The van der Waals surface area contributed by atoms with Crippen molar-refractivity contribution in [1.82, 2.24) is 9.97 Å². The van der Waals surface area contributed by atoms with Gasteiger partial charge in [0.15, 0.2) is 0 Å². The molecule has 0 spiro atoms. The maximum absolute atomic E-state index is 8.47. The predicted molar refractivity (Wildman–Crippen MR) is 187 cm³/mol. The quantitative estimate of drug-likeness (QED) is 0.177. The molecule has 216 valence electrons. The number of nitrogens with two attached hydrogens (primary N) is 1. The van der Waals surface area contributed by atoms with E-state index in [2.05, 4.69) is 70.6 Å². The molecule has 0 radical (unpaired) electrons. The van der Waals surface area contributed by atoms with Crippen molar-refractivity contribution in [1.29, 1.82) is 10.8 Å². The van der Waals surface area contributed by atoms with E-state index < -0.39 is 0 Å². The Kier molecular flexibility index (Phi) is 8.61. The minimum absolute atomic E-state index is 0.233. The Hall–Kier alpha value is -6.20. The first-order chi connectivity index (χ1) is 22.0. The van der Waals surface area contributed by atoms with Gasteiger partial charge in [-0.05, 0) is 75.4 Å². The van der Waals surface area contributed by atoms with Gasteiger partial charge in [0.1, 0.15) is 5.82 Å². The summed E-state index contributed by atoms with van der Waals surface area (Å²) in [7, 11) is 0. The van der Waals surface area contributed by atoms with E-state index in [0.717, 1.165) is 44.8 Å². The number of rotatable bonds is 5. The van der Waals surface area contributed by atoms with Gasteiger partial charge < -0.3 is 5.73 Å². The van der Waals surface area contributed by atoms with Crippen LogP contribution in [0.15, 0.2) is 164 Å². The van der Waals surface area contributed by atoms with Crippen molar-refractivity contribution < 1.29 is 0 Å². The number of aromatic nitrogens is 2. The average molecular weight is 582 g/mol. The van der Waals surface area contributed by atoms with Gasteiger partial charge in [-0.25, -0.2) is 4.98 Å². The van der Waals surface area contributed by atoms with Gasteiger partial charge in [0.2, 0.25) is 0 Å². The molecule has 5 nitrogen and oxygen atoms in total. The zero-order valence-corrected chi connectivity index (χ0v) is 24.6. The molecule has 0 saturated heterocycles. The van der Waals surface area contributed by atoms with E-state index in [9.17, 15) is 0 Å². The van der Waals surface area contributed by atoms with Crippen molar-refractivity contribution in [2.75, 3.05) is 5.73 Å². The molecule has 1 aliphatic carbocycles. The van der Waals surface area contributed by atoms with E-state index >= 15 is 0 Å². The highest BCUT2D eigenvalue weighted by atomic mass is 14.9. The second-order valence-electron chi connectivity index (χ2n) is 10.5. The number of pyridine rings is 2. The molecule has 0 fully saturated rings. The minimum Gasteiger partial charge on any atom is -0.384 e. The Balaban J connectivity index is 0.000000229. The average Bonchev–Trinajstić information content (AvgIpc) is 3.11. The molecule has 0 bridgehead atoms. The molecule has 4 N–H and O–H groups in total. The first kappa shape index (κ1) is 28.9. The van der Waals surface area contributed by atoms with E-state index in [-0.39, 0.29) is 11.4 Å². The number of nitrogen functional groups attached to an aromatic ring is 1. The molecule has 0 aliphatic heterocycles. The third kappa shape index (κ3) is 6.90. The summed E-state index contributed by atoms with van der Waals surface area (Å²) in [6.45, 7) is 0. The number of nitrogens with one attached hydrogen (secondary N) is 2. The van der Waals surface area contributed by atoms with Crippen LogP contribution in [-0.2, 0) is 0 Å². The lowest BCUT2D eigenvalue weighted by atomic mass is 9.87. The molecule has 0 atom stereocenters. The fourth-order valence-electron chi connectivity index (χ4n) is 5.10. The number of benzene rings is 4. The summed E-state index contributed by atoms with van der Waals surface area (Å²) in [5.41, 5.74) is 16.1. The molecular weight excluding hydrogens is 550 g/mol. The van der Waals surface area contributed by atoms with Crippen LogP contribution in [0.1, 0.15) is 11.1 Å². The van der Waals surface area contributed by atoms with Crippen molar-refractivity contribution >= 4 is 28.4 Å². The lowest BCUT2D eigenvalue weighted by Crippen LogP contribution is -2.15. The van der Waals surface area contributed by atoms with Crippen molar-refractivity contribution in [3.63, 3.8) is 0 Å². The van der Waals surface area contributed by atoms with Crippen LogP contribution in [0.5, 0.6) is 0 Å². The van der Waals surface area contributed by atoms with Crippen LogP contribution in [0.25, 0.3) is 44.8 Å². The Morgan fingerprint density at radius 1 is 0.444 bits per heavy atom. The summed E-state index contributed by atoms with van der Waals surface area (Å²) in [4.78, 5) is 8.33. The van der Waals surface area contributed by atoms with Crippen LogP contribution in [0, 0.1) is 10.8 Å². The zero-order valence-electron chi connectivity index (χ0n) is 24.6. The summed E-state index contributed by atoms with van der Waals surface area (Å²) in [5, 5.41) is 16.8. The van der Waals surface area contributed by atoms with Gasteiger partial charge in [0, 0.05) is 11.8 Å². The zero-order chi connectivity index (χ0) is 31.0. The normalized spacial score (nSPS) is 12.4. The van der Waals surface area contributed by atoms with Crippen LogP contribution in [0.2, 0.25) is 0 Å². The van der Waals surface area contributed by atoms with E-state index in [1.165, 1.54) is 11.1 Å². The Labute approximate surface area is 263 Å². The van der Waals surface area contributed by atoms with Crippen LogP contribution in [0.3, 0.4) is 0 Å². The Bertz CT molecular complexity index is 1990. The fraction of sp³-hybridized carbons (Fsp3) is 0. The van der Waals surface area contributed by atoms with Crippen LogP contribution >= 0.6 is 0 Å². The molecule has 6 aromatic rings. The number of anilines is 1. The van der Waals surface area contributed by atoms with Gasteiger partial charge >= 0.3 is 0 Å². The molecule has 2 aromatic heterocycles. The van der Waals surface area contributed by atoms with Crippen molar-refractivity contribution in [2.24, 2.45) is 0 Å². The smallest absolute Gasteiger partial charge is 0.124 e. The lowest BCUT2D eigenvalue weighted by Gasteiger charge is -2.17. The molecule has 0 unspecified atom stereocenters. The van der Waals surface area contributed by atoms with Gasteiger partial charge in [-0.3, -0.25) is 15.8 Å². The first-order valence-corrected chi connectivity index (χ1v) is 14.6. The molecular formula is C40H31N5. The summed E-state index contributed by atoms with van der Waals surface area (Å²) in [6, 6.07) is 48.4. The SMILES string of the molecule is N=C1C=C(c2ccc(-c3ccccc3)cc2)C=C(c2ccc(-c3ccccc3)cc2)C1=N.Nc1cccc(-c2ccccn2)n1. The van der Waals surface area contributed by atoms with Crippen molar-refractivity contribution in [2.45, 2.75) is 0 Å². The van der Waals surface area contributed by atoms with Crippen molar-refractivity contribution in [3.8, 4) is 33.6 Å². The van der Waals surface area contributed by atoms with Crippen molar-refractivity contribution in [3.05, 3.63) is 175 Å². The standard InChI is InChI=1S/C30H22N2.C10H9N3/c31-29-20-27(25-13-11-23(12-14-25)21-7-3-1-4-8-21)19-28(30(29)32)26-17-15-24(16-18-26)22-9-5-2-6-10-22;11-10-6-3-5-9(13-10)8-4-1-2-7-12-8/h1-20,31-32H;1-7H,(H2,11,13). The summed E-state index contributed by atoms with van der Waals surface area (Å²) in [5.74, 6) is 0.517. The molecule has 4 aromatic carbocycles. The van der Waals surface area contributed by atoms with Crippen LogP contribution in [0.4, 0.5) is 5.82 Å². The minimum atomic E-state index is 0.233. The highest BCUT2D eigenvalue weighted by Crippen LogP contribution is 2.31. The topological polar surface area (TPSA) is 99.5 Å². The Morgan fingerprint density at radius 2 is 0.956 bits per heavy atom. The molecule has 45 heavy (non-hydrogen) atoms. The third-order valence-corrected chi connectivity index (χ3v) is 7.46. The Morgan fingerprint density at radius 3 is 1.51 bits per heavy atom. The molecule has 1 aliphatic rings. The first-order valence-electron chi connectivity index (χ1n) is 14.6.